The first-order valence-corrected chi connectivity index (χ1v) is 9.40. The van der Waals surface area contributed by atoms with E-state index in [1.165, 1.54) is 23.3 Å². The molecular formula is C20H26OS. The molecule has 0 amide bonds. The van der Waals surface area contributed by atoms with Crippen molar-refractivity contribution in [2.24, 2.45) is 23.7 Å². The molecule has 2 heteroatoms. The zero-order valence-electron chi connectivity index (χ0n) is 13.8. The van der Waals surface area contributed by atoms with Crippen LogP contribution in [0.2, 0.25) is 0 Å². The SMILES string of the molecule is CC(C)[C@H]1CCC2=CC[C@@H](C)C(=O)[C@H]1[C@H]2Sc1ccccc1. The molecule has 0 radical (unpaired) electrons. The molecule has 0 saturated heterocycles. The number of thioether (sulfide) groups is 1. The fourth-order valence-electron chi connectivity index (χ4n) is 4.00. The van der Waals surface area contributed by atoms with Crippen LogP contribution in [0, 0.1) is 23.7 Å². The van der Waals surface area contributed by atoms with Crippen molar-refractivity contribution in [2.75, 3.05) is 0 Å². The summed E-state index contributed by atoms with van der Waals surface area (Å²) in [7, 11) is 0. The van der Waals surface area contributed by atoms with E-state index in [1.54, 1.807) is 0 Å². The van der Waals surface area contributed by atoms with Crippen LogP contribution in [-0.2, 0) is 4.79 Å². The van der Waals surface area contributed by atoms with Gasteiger partial charge in [-0.25, -0.2) is 0 Å². The predicted octanol–water partition coefficient (Wildman–Crippen LogP) is 5.36. The monoisotopic (exact) mass is 314 g/mol. The summed E-state index contributed by atoms with van der Waals surface area (Å²) in [5, 5.41) is 0.348. The molecule has 2 bridgehead atoms. The summed E-state index contributed by atoms with van der Waals surface area (Å²) in [6, 6.07) is 10.6. The molecule has 2 aliphatic carbocycles. The molecule has 1 aromatic rings. The second-order valence-electron chi connectivity index (χ2n) is 7.14. The molecular weight excluding hydrogens is 288 g/mol. The van der Waals surface area contributed by atoms with Gasteiger partial charge in [0.1, 0.15) is 5.78 Å². The lowest BCUT2D eigenvalue weighted by molar-refractivity contribution is -0.128. The summed E-state index contributed by atoms with van der Waals surface area (Å²) in [6.07, 6.45) is 5.66. The maximum Gasteiger partial charge on any atom is 0.140 e. The standard InChI is InChI=1S/C20H26OS/c1-13(2)17-12-11-15-10-9-14(3)19(21)18(17)20(15)22-16-7-5-4-6-8-16/h4-8,10,13-14,17-18,20H,9,11-12H2,1-3H3/t14-,17-,18+,20+/m1/s1. The van der Waals surface area contributed by atoms with Gasteiger partial charge >= 0.3 is 0 Å². The van der Waals surface area contributed by atoms with Crippen molar-refractivity contribution in [3.63, 3.8) is 0 Å². The second kappa shape index (κ2) is 6.62. The van der Waals surface area contributed by atoms with Gasteiger partial charge < -0.3 is 0 Å². The Morgan fingerprint density at radius 1 is 1.18 bits per heavy atom. The van der Waals surface area contributed by atoms with Crippen molar-refractivity contribution in [3.05, 3.63) is 42.0 Å². The van der Waals surface area contributed by atoms with Crippen LogP contribution >= 0.6 is 11.8 Å². The van der Waals surface area contributed by atoms with Crippen molar-refractivity contribution in [2.45, 2.75) is 50.2 Å². The third kappa shape index (κ3) is 3.03. The first-order chi connectivity index (χ1) is 10.6. The van der Waals surface area contributed by atoms with Crippen LogP contribution in [-0.4, -0.2) is 11.0 Å². The number of hydrogen-bond donors (Lipinski definition) is 0. The summed E-state index contributed by atoms with van der Waals surface area (Å²) < 4.78 is 0. The molecule has 1 aromatic carbocycles. The number of hydrogen-bond acceptors (Lipinski definition) is 2. The largest absolute Gasteiger partial charge is 0.299 e. The number of benzene rings is 1. The lowest BCUT2D eigenvalue weighted by atomic mass is 9.69. The van der Waals surface area contributed by atoms with E-state index >= 15 is 0 Å². The smallest absolute Gasteiger partial charge is 0.140 e. The number of carbonyl (C=O) groups is 1. The molecule has 0 unspecified atom stereocenters. The zero-order valence-corrected chi connectivity index (χ0v) is 14.6. The van der Waals surface area contributed by atoms with Crippen molar-refractivity contribution >= 4 is 17.5 Å². The lowest BCUT2D eigenvalue weighted by Gasteiger charge is -2.40. The van der Waals surface area contributed by atoms with Crippen LogP contribution in [0.4, 0.5) is 0 Å². The quantitative estimate of drug-likeness (QED) is 0.698. The van der Waals surface area contributed by atoms with Gasteiger partial charge in [0.15, 0.2) is 0 Å². The van der Waals surface area contributed by atoms with Crippen LogP contribution < -0.4 is 0 Å². The van der Waals surface area contributed by atoms with Gasteiger partial charge in [0.2, 0.25) is 0 Å². The van der Waals surface area contributed by atoms with Gasteiger partial charge in [-0.05, 0) is 43.2 Å². The highest BCUT2D eigenvalue weighted by atomic mass is 32.2. The summed E-state index contributed by atoms with van der Waals surface area (Å²) in [5.41, 5.74) is 1.52. The summed E-state index contributed by atoms with van der Waals surface area (Å²) in [4.78, 5) is 14.3. The molecule has 1 saturated carbocycles. The Morgan fingerprint density at radius 3 is 2.59 bits per heavy atom. The number of carbonyl (C=O) groups excluding carboxylic acids is 1. The summed E-state index contributed by atoms with van der Waals surface area (Å²) >= 11 is 1.91. The summed E-state index contributed by atoms with van der Waals surface area (Å²) in [6.45, 7) is 6.68. The zero-order chi connectivity index (χ0) is 15.7. The van der Waals surface area contributed by atoms with E-state index in [1.807, 2.05) is 11.8 Å². The van der Waals surface area contributed by atoms with E-state index in [-0.39, 0.29) is 11.8 Å². The molecule has 1 nitrogen and oxygen atoms in total. The third-order valence-electron chi connectivity index (χ3n) is 5.33. The van der Waals surface area contributed by atoms with Gasteiger partial charge in [-0.3, -0.25) is 4.79 Å². The number of allylic oxidation sites excluding steroid dienone is 1. The van der Waals surface area contributed by atoms with E-state index < -0.39 is 0 Å². The summed E-state index contributed by atoms with van der Waals surface area (Å²) in [5.74, 6) is 1.99. The van der Waals surface area contributed by atoms with E-state index in [9.17, 15) is 4.79 Å². The molecule has 118 valence electrons. The molecule has 0 N–H and O–H groups in total. The van der Waals surface area contributed by atoms with Crippen LogP contribution in [0.3, 0.4) is 0 Å². The molecule has 0 heterocycles. The first-order valence-electron chi connectivity index (χ1n) is 8.52. The second-order valence-corrected chi connectivity index (χ2v) is 8.36. The average molecular weight is 314 g/mol. The molecule has 2 aliphatic rings. The Morgan fingerprint density at radius 2 is 1.91 bits per heavy atom. The Bertz CT molecular complexity index is 560. The minimum atomic E-state index is 0.181. The molecule has 0 aromatic heterocycles. The van der Waals surface area contributed by atoms with Gasteiger partial charge in [-0.15, -0.1) is 11.8 Å². The van der Waals surface area contributed by atoms with E-state index in [4.69, 9.17) is 0 Å². The van der Waals surface area contributed by atoms with E-state index in [0.717, 1.165) is 6.42 Å². The van der Waals surface area contributed by atoms with Gasteiger partial charge in [0.05, 0.1) is 0 Å². The fourth-order valence-corrected chi connectivity index (χ4v) is 5.46. The van der Waals surface area contributed by atoms with Crippen LogP contribution in [0.5, 0.6) is 0 Å². The Balaban J connectivity index is 1.95. The van der Waals surface area contributed by atoms with Crippen LogP contribution in [0.15, 0.2) is 46.9 Å². The highest BCUT2D eigenvalue weighted by Gasteiger charge is 2.44. The molecule has 22 heavy (non-hydrogen) atoms. The van der Waals surface area contributed by atoms with Crippen LogP contribution in [0.25, 0.3) is 0 Å². The molecule has 0 aliphatic heterocycles. The van der Waals surface area contributed by atoms with E-state index in [0.29, 0.717) is 22.9 Å². The predicted molar refractivity (Wildman–Crippen MR) is 94.0 cm³/mol. The molecule has 0 spiro atoms. The highest BCUT2D eigenvalue weighted by molar-refractivity contribution is 8.00. The van der Waals surface area contributed by atoms with Crippen molar-refractivity contribution in [3.8, 4) is 0 Å². The fraction of sp³-hybridized carbons (Fsp3) is 0.550. The normalized spacial score (nSPS) is 31.8. The molecule has 1 fully saturated rings. The minimum absolute atomic E-state index is 0.181. The number of rotatable bonds is 3. The Kier molecular flexibility index (Phi) is 4.77. The minimum Gasteiger partial charge on any atom is -0.299 e. The topological polar surface area (TPSA) is 17.1 Å². The van der Waals surface area contributed by atoms with Gasteiger partial charge in [-0.1, -0.05) is 50.6 Å². The van der Waals surface area contributed by atoms with Crippen molar-refractivity contribution < 1.29 is 4.79 Å². The van der Waals surface area contributed by atoms with Gasteiger partial charge in [0, 0.05) is 22.0 Å². The average Bonchev–Trinajstić information content (AvgIpc) is 2.58. The molecule has 4 atom stereocenters. The van der Waals surface area contributed by atoms with Gasteiger partial charge in [-0.2, -0.15) is 0 Å². The third-order valence-corrected chi connectivity index (χ3v) is 6.72. The first kappa shape index (κ1) is 15.9. The van der Waals surface area contributed by atoms with Crippen molar-refractivity contribution in [1.29, 1.82) is 0 Å². The van der Waals surface area contributed by atoms with E-state index in [2.05, 4.69) is 57.2 Å². The number of fused-ring (bicyclic) bond motifs is 2. The maximum absolute atomic E-state index is 13.0. The van der Waals surface area contributed by atoms with Crippen molar-refractivity contribution in [1.82, 2.24) is 0 Å². The number of ketones is 1. The highest BCUT2D eigenvalue weighted by Crippen LogP contribution is 2.48. The Labute approximate surface area is 138 Å². The molecule has 3 rings (SSSR count). The number of Topliss-reactive ketones (excluding diaryl/α,β-unsaturated/α-hetero) is 1. The Hall–Kier alpha value is -1.02. The lowest BCUT2D eigenvalue weighted by Crippen LogP contribution is -2.40. The maximum atomic E-state index is 13.0. The van der Waals surface area contributed by atoms with Gasteiger partial charge in [0.25, 0.3) is 0 Å². The van der Waals surface area contributed by atoms with Crippen LogP contribution in [0.1, 0.15) is 40.0 Å².